The van der Waals surface area contributed by atoms with Gasteiger partial charge in [-0.05, 0) is 86.3 Å². The van der Waals surface area contributed by atoms with Crippen LogP contribution in [0.3, 0.4) is 0 Å². The predicted molar refractivity (Wildman–Crippen MR) is 187 cm³/mol. The molecule has 10 heteroatoms. The molecule has 5 N–H and O–H groups in total. The van der Waals surface area contributed by atoms with E-state index >= 15 is 0 Å². The number of rotatable bonds is 12. The molecule has 0 aliphatic heterocycles. The normalized spacial score (nSPS) is 26.5. The third-order valence-electron chi connectivity index (χ3n) is 10.2. The summed E-state index contributed by atoms with van der Waals surface area (Å²) in [7, 11) is 0. The van der Waals surface area contributed by atoms with Crippen LogP contribution in [0.15, 0.2) is 24.3 Å². The highest BCUT2D eigenvalue weighted by molar-refractivity contribution is 6.44. The summed E-state index contributed by atoms with van der Waals surface area (Å²) in [6, 6.07) is 6.23. The number of nitrogens with one attached hydrogen (secondary N) is 5. The van der Waals surface area contributed by atoms with Crippen molar-refractivity contribution in [3.63, 3.8) is 0 Å². The predicted octanol–water partition coefficient (Wildman–Crippen LogP) is 9.20. The Labute approximate surface area is 283 Å². The summed E-state index contributed by atoms with van der Waals surface area (Å²) in [6.45, 7) is 11.5. The zero-order chi connectivity index (χ0) is 33.3. The molecule has 4 saturated carbocycles. The number of unbranched alkanes of at least 4 members (excludes halogenated alkanes) is 4. The van der Waals surface area contributed by atoms with Crippen LogP contribution in [0.5, 0.6) is 0 Å². The molecular formula is C36H51Cl2N5O3. The van der Waals surface area contributed by atoms with Gasteiger partial charge in [-0.25, -0.2) is 4.79 Å². The van der Waals surface area contributed by atoms with E-state index in [0.717, 1.165) is 63.0 Å². The highest BCUT2D eigenvalue weighted by Gasteiger charge is 2.60. The van der Waals surface area contributed by atoms with Crippen molar-refractivity contribution < 1.29 is 14.4 Å². The Morgan fingerprint density at radius 3 is 2.22 bits per heavy atom. The monoisotopic (exact) mass is 671 g/mol. The lowest BCUT2D eigenvalue weighted by Gasteiger charge is -2.65. The highest BCUT2D eigenvalue weighted by Crippen LogP contribution is 2.66. The van der Waals surface area contributed by atoms with Crippen molar-refractivity contribution in [2.75, 3.05) is 17.2 Å². The number of urea groups is 1. The minimum atomic E-state index is -0.534. The molecule has 46 heavy (non-hydrogen) atoms. The summed E-state index contributed by atoms with van der Waals surface area (Å²) in [5.41, 5.74) is 2.43. The van der Waals surface area contributed by atoms with Crippen LogP contribution in [-0.2, 0) is 10.2 Å². The second kappa shape index (κ2) is 13.4. The van der Waals surface area contributed by atoms with E-state index in [0.29, 0.717) is 45.9 Å². The lowest BCUT2D eigenvalue weighted by atomic mass is 9.43. The fourth-order valence-corrected chi connectivity index (χ4v) is 9.54. The van der Waals surface area contributed by atoms with Crippen LogP contribution in [0.4, 0.5) is 16.2 Å². The molecular weight excluding hydrogens is 621 g/mol. The molecule has 2 aromatic rings. The van der Waals surface area contributed by atoms with E-state index in [1.54, 1.807) is 24.3 Å². The molecule has 1 heterocycles. The van der Waals surface area contributed by atoms with Crippen LogP contribution in [0.2, 0.25) is 10.0 Å². The van der Waals surface area contributed by atoms with Gasteiger partial charge in [-0.15, -0.1) is 0 Å². The van der Waals surface area contributed by atoms with Crippen LogP contribution in [0.1, 0.15) is 128 Å². The van der Waals surface area contributed by atoms with Crippen LogP contribution in [-0.4, -0.2) is 34.9 Å². The Hall–Kier alpha value is -2.71. The Morgan fingerprint density at radius 1 is 0.891 bits per heavy atom. The third-order valence-corrected chi connectivity index (χ3v) is 11.0. The van der Waals surface area contributed by atoms with Crippen LogP contribution < -0.4 is 21.3 Å². The summed E-state index contributed by atoms with van der Waals surface area (Å²) in [4.78, 5) is 42.1. The standard InChI is InChI=1S/C36H51Cl2N5O3/c1-33(2,3)27-16-26(41-32(46)40-25-13-11-12-24(37)29(25)38)30(42-27)31(45)39-15-10-8-6-7-9-14-28(44)43-36-19-23-17-34(4,21-36)20-35(5,18-23)22-36/h11-13,16,23,42H,6-10,14-15,17-22H2,1-5H3,(H,39,45)(H,43,44)(H2,40,41,46)/t23?,34-,35+,36?. The molecule has 4 aliphatic rings. The van der Waals surface area contributed by atoms with Gasteiger partial charge in [-0.3, -0.25) is 9.59 Å². The Bertz CT molecular complexity index is 1450. The van der Waals surface area contributed by atoms with Crippen LogP contribution in [0, 0.1) is 16.7 Å². The smallest absolute Gasteiger partial charge is 0.323 e. The molecule has 4 bridgehead atoms. The molecule has 4 fully saturated rings. The quantitative estimate of drug-likeness (QED) is 0.145. The fourth-order valence-electron chi connectivity index (χ4n) is 9.19. The van der Waals surface area contributed by atoms with Crippen molar-refractivity contribution >= 4 is 52.4 Å². The van der Waals surface area contributed by atoms with Crippen molar-refractivity contribution in [3.05, 3.63) is 45.7 Å². The first-order valence-electron chi connectivity index (χ1n) is 16.9. The van der Waals surface area contributed by atoms with Gasteiger partial charge in [-0.1, -0.05) is 83.1 Å². The number of benzene rings is 1. The number of carbonyl (C=O) groups excluding carboxylic acids is 3. The topological polar surface area (TPSA) is 115 Å². The van der Waals surface area contributed by atoms with Gasteiger partial charge in [0.05, 0.1) is 21.4 Å². The van der Waals surface area contributed by atoms with Gasteiger partial charge in [0.25, 0.3) is 5.91 Å². The number of hydrogen-bond acceptors (Lipinski definition) is 3. The average Bonchev–Trinajstić information content (AvgIpc) is 3.34. The third kappa shape index (κ3) is 8.22. The van der Waals surface area contributed by atoms with Crippen molar-refractivity contribution in [3.8, 4) is 0 Å². The van der Waals surface area contributed by atoms with Gasteiger partial charge in [0, 0.05) is 29.6 Å². The lowest BCUT2D eigenvalue weighted by molar-refractivity contribution is -0.139. The largest absolute Gasteiger partial charge is 0.352 e. The van der Waals surface area contributed by atoms with E-state index in [1.807, 2.05) is 20.8 Å². The van der Waals surface area contributed by atoms with Crippen molar-refractivity contribution in [1.82, 2.24) is 15.6 Å². The summed E-state index contributed by atoms with van der Waals surface area (Å²) >= 11 is 12.3. The van der Waals surface area contributed by atoms with E-state index in [9.17, 15) is 14.4 Å². The van der Waals surface area contributed by atoms with E-state index < -0.39 is 6.03 Å². The van der Waals surface area contributed by atoms with Gasteiger partial charge in [0.15, 0.2) is 0 Å². The summed E-state index contributed by atoms with van der Waals surface area (Å²) in [6.07, 6.45) is 12.7. The molecule has 2 unspecified atom stereocenters. The zero-order valence-electron chi connectivity index (χ0n) is 28.1. The molecule has 4 amide bonds. The molecule has 4 aliphatic carbocycles. The summed E-state index contributed by atoms with van der Waals surface area (Å²) < 4.78 is 0. The van der Waals surface area contributed by atoms with E-state index in [1.165, 1.54) is 19.3 Å². The summed E-state index contributed by atoms with van der Waals surface area (Å²) in [5, 5.41) is 12.6. The number of aromatic amines is 1. The maximum Gasteiger partial charge on any atom is 0.323 e. The van der Waals surface area contributed by atoms with Crippen molar-refractivity contribution in [2.24, 2.45) is 16.7 Å². The number of aromatic nitrogens is 1. The Kier molecular flexibility index (Phi) is 10.1. The van der Waals surface area contributed by atoms with Crippen LogP contribution >= 0.6 is 23.2 Å². The van der Waals surface area contributed by atoms with Gasteiger partial charge < -0.3 is 26.3 Å². The first-order chi connectivity index (χ1) is 21.6. The molecule has 1 aromatic carbocycles. The van der Waals surface area contributed by atoms with Crippen molar-refractivity contribution in [1.29, 1.82) is 0 Å². The lowest BCUT2D eigenvalue weighted by Crippen LogP contribution is -2.65. The SMILES string of the molecule is CC(C)(C)c1cc(NC(=O)Nc2cccc(Cl)c2Cl)c(C(=O)NCCCCCCCC(=O)NC23CC4C[C@@](C)(C2)C[C@](C)(C4)C3)[nH]1. The number of H-pyrrole nitrogens is 1. The first kappa shape index (κ1) is 34.6. The number of halogens is 2. The molecule has 6 rings (SSSR count). The van der Waals surface area contributed by atoms with E-state index in [4.69, 9.17) is 23.2 Å². The molecule has 1 aromatic heterocycles. The highest BCUT2D eigenvalue weighted by atomic mass is 35.5. The minimum absolute atomic E-state index is 0.0219. The maximum atomic E-state index is 13.2. The first-order valence-corrected chi connectivity index (χ1v) is 17.7. The van der Waals surface area contributed by atoms with Crippen molar-refractivity contribution in [2.45, 2.75) is 123 Å². The van der Waals surface area contributed by atoms with Crippen LogP contribution in [0.25, 0.3) is 0 Å². The second-order valence-corrected chi connectivity index (χ2v) is 16.9. The number of anilines is 2. The molecule has 0 radical (unpaired) electrons. The molecule has 252 valence electrons. The van der Waals surface area contributed by atoms with E-state index in [2.05, 4.69) is 40.1 Å². The fraction of sp³-hybridized carbons (Fsp3) is 0.639. The van der Waals surface area contributed by atoms with Gasteiger partial charge >= 0.3 is 6.03 Å². The average molecular weight is 673 g/mol. The number of hydrogen-bond donors (Lipinski definition) is 5. The summed E-state index contributed by atoms with van der Waals surface area (Å²) in [5.74, 6) is 0.706. The second-order valence-electron chi connectivity index (χ2n) is 16.1. The van der Waals surface area contributed by atoms with Gasteiger partial charge in [0.1, 0.15) is 5.69 Å². The Balaban J connectivity index is 1.03. The maximum absolute atomic E-state index is 13.2. The van der Waals surface area contributed by atoms with Gasteiger partial charge in [0.2, 0.25) is 5.91 Å². The Morgan fingerprint density at radius 2 is 1.54 bits per heavy atom. The zero-order valence-corrected chi connectivity index (χ0v) is 29.6. The van der Waals surface area contributed by atoms with E-state index in [-0.39, 0.29) is 27.8 Å². The molecule has 8 nitrogen and oxygen atoms in total. The minimum Gasteiger partial charge on any atom is -0.352 e. The number of carbonyl (C=O) groups is 3. The molecule has 0 spiro atoms. The molecule has 4 atom stereocenters. The van der Waals surface area contributed by atoms with Gasteiger partial charge in [-0.2, -0.15) is 0 Å². The molecule has 0 saturated heterocycles. The number of amides is 4.